The zero-order chi connectivity index (χ0) is 31.6. The molecule has 0 atom stereocenters. The van der Waals surface area contributed by atoms with Crippen LogP contribution in [-0.2, 0) is 33.4 Å². The van der Waals surface area contributed by atoms with Crippen molar-refractivity contribution in [2.75, 3.05) is 20.3 Å². The predicted octanol–water partition coefficient (Wildman–Crippen LogP) is 6.77. The Morgan fingerprint density at radius 2 is 1.28 bits per heavy atom. The minimum absolute atomic E-state index is 0.176. The van der Waals surface area contributed by atoms with E-state index in [0.717, 1.165) is 18.9 Å². The Kier molecular flexibility index (Phi) is 40.8. The van der Waals surface area contributed by atoms with E-state index in [1.165, 1.54) is 25.7 Å². The van der Waals surface area contributed by atoms with Crippen LogP contribution >= 0.6 is 0 Å². The highest BCUT2D eigenvalue weighted by atomic mass is 16.5. The molecule has 218 valence electrons. The number of rotatable bonds is 9. The van der Waals surface area contributed by atoms with E-state index in [9.17, 15) is 19.2 Å². The fourth-order valence-electron chi connectivity index (χ4n) is 1.34. The minimum atomic E-state index is -0.935. The molecule has 0 saturated heterocycles. The molecule has 1 aromatic carbocycles. The molecular weight excluding hydrogens is 500 g/mol. The summed E-state index contributed by atoms with van der Waals surface area (Å²) in [5.74, 6) is -1.97. The summed E-state index contributed by atoms with van der Waals surface area (Å²) in [5.41, 5.74) is 1.78. The molecule has 1 N–H and O–H groups in total. The smallest absolute Gasteiger partial charge is 0.332 e. The van der Waals surface area contributed by atoms with Crippen molar-refractivity contribution in [3.63, 3.8) is 0 Å². The molecule has 8 nitrogen and oxygen atoms in total. The Bertz CT molecular complexity index is 841. The summed E-state index contributed by atoms with van der Waals surface area (Å²) in [4.78, 5) is 40.2. The van der Waals surface area contributed by atoms with Crippen LogP contribution < -0.4 is 0 Å². The van der Waals surface area contributed by atoms with Gasteiger partial charge in [-0.15, -0.1) is 13.2 Å². The Morgan fingerprint density at radius 3 is 1.49 bits per heavy atom. The zero-order valence-electron chi connectivity index (χ0n) is 24.2. The summed E-state index contributed by atoms with van der Waals surface area (Å²) >= 11 is 0. The van der Waals surface area contributed by atoms with Crippen molar-refractivity contribution in [3.8, 4) is 0 Å². The van der Waals surface area contributed by atoms with Crippen molar-refractivity contribution >= 4 is 30.0 Å². The van der Waals surface area contributed by atoms with Gasteiger partial charge in [-0.2, -0.15) is 0 Å². The quantitative estimate of drug-likeness (QED) is 0.119. The van der Waals surface area contributed by atoms with E-state index in [1.807, 2.05) is 43.3 Å². The molecule has 0 bridgehead atoms. The van der Waals surface area contributed by atoms with Crippen LogP contribution in [-0.4, -0.2) is 49.3 Å². The Morgan fingerprint density at radius 1 is 0.846 bits per heavy atom. The number of aliphatic carboxylic acids is 1. The molecule has 1 rings (SSSR count). The van der Waals surface area contributed by atoms with Gasteiger partial charge in [0.2, 0.25) is 0 Å². The van der Waals surface area contributed by atoms with E-state index >= 15 is 0 Å². The lowest BCUT2D eigenvalue weighted by Crippen LogP contribution is -2.00. The molecule has 0 aliphatic carbocycles. The van der Waals surface area contributed by atoms with E-state index in [4.69, 9.17) is 5.11 Å². The van der Waals surface area contributed by atoms with Gasteiger partial charge in [-0.1, -0.05) is 82.6 Å². The summed E-state index contributed by atoms with van der Waals surface area (Å²) in [6, 6.07) is 10.0. The van der Waals surface area contributed by atoms with Gasteiger partial charge in [0.05, 0.1) is 20.3 Å². The number of esters is 3. The number of hydrogen-bond acceptors (Lipinski definition) is 7. The van der Waals surface area contributed by atoms with Crippen molar-refractivity contribution in [1.82, 2.24) is 0 Å². The fraction of sp³-hybridized carbons (Fsp3) is 0.290. The number of carbonyl (C=O) groups excluding carboxylic acids is 3. The number of hydrogen-bond donors (Lipinski definition) is 1. The lowest BCUT2D eigenvalue weighted by molar-refractivity contribution is -0.138. The highest BCUT2D eigenvalue weighted by Crippen LogP contribution is 1.97. The number of methoxy groups -OCH3 is 1. The summed E-state index contributed by atoms with van der Waals surface area (Å²) in [7, 11) is 1.33. The van der Waals surface area contributed by atoms with Crippen molar-refractivity contribution in [1.29, 1.82) is 0 Å². The molecule has 0 heterocycles. The van der Waals surface area contributed by atoms with Gasteiger partial charge in [0, 0.05) is 23.3 Å². The van der Waals surface area contributed by atoms with Crippen molar-refractivity contribution in [2.45, 2.75) is 40.5 Å². The largest absolute Gasteiger partial charge is 0.478 e. The molecule has 0 unspecified atom stereocenters. The van der Waals surface area contributed by atoms with E-state index in [2.05, 4.69) is 60.3 Å². The van der Waals surface area contributed by atoms with Crippen LogP contribution in [0.25, 0.3) is 6.08 Å². The van der Waals surface area contributed by atoms with Gasteiger partial charge >= 0.3 is 23.9 Å². The van der Waals surface area contributed by atoms with Gasteiger partial charge in [-0.25, -0.2) is 19.2 Å². The van der Waals surface area contributed by atoms with Crippen LogP contribution in [0.1, 0.15) is 46.1 Å². The first kappa shape index (κ1) is 44.5. The number of carbonyl (C=O) groups is 4. The van der Waals surface area contributed by atoms with E-state index in [-0.39, 0.29) is 23.5 Å². The van der Waals surface area contributed by atoms with Gasteiger partial charge < -0.3 is 19.3 Å². The third kappa shape index (κ3) is 44.0. The number of carboxylic acids is 1. The van der Waals surface area contributed by atoms with Gasteiger partial charge in [-0.3, -0.25) is 0 Å². The molecule has 1 aromatic rings. The normalized spacial score (nSPS) is 7.72. The highest BCUT2D eigenvalue weighted by Gasteiger charge is 1.95. The fourth-order valence-corrected chi connectivity index (χ4v) is 1.34. The highest BCUT2D eigenvalue weighted by molar-refractivity contribution is 5.86. The summed E-state index contributed by atoms with van der Waals surface area (Å²) in [6.45, 7) is 30.4. The van der Waals surface area contributed by atoms with Crippen LogP contribution in [0.5, 0.6) is 0 Å². The molecule has 0 aromatic heterocycles. The minimum Gasteiger partial charge on any atom is -0.478 e. The van der Waals surface area contributed by atoms with E-state index < -0.39 is 5.97 Å². The molecular formula is C31H46O8. The molecule has 0 spiro atoms. The Hall–Kier alpha value is -4.46. The SMILES string of the molecule is C=C.C=C(C)C(=O)O.C=C(C)C(=O)OC.C=CC(=O)OCC.C=CC(=O)OCCCC.C=Cc1ccccc1. The number of benzene rings is 1. The Labute approximate surface area is 234 Å². The summed E-state index contributed by atoms with van der Waals surface area (Å²) in [5, 5.41) is 7.89. The third-order valence-corrected chi connectivity index (χ3v) is 3.30. The molecule has 0 aliphatic heterocycles. The van der Waals surface area contributed by atoms with Crippen molar-refractivity contribution < 1.29 is 38.5 Å². The maximum atomic E-state index is 10.3. The van der Waals surface area contributed by atoms with Gasteiger partial charge in [-0.05, 0) is 32.8 Å². The first-order chi connectivity index (χ1) is 18.4. The maximum absolute atomic E-state index is 10.3. The lowest BCUT2D eigenvalue weighted by Gasteiger charge is -1.97. The van der Waals surface area contributed by atoms with Crippen LogP contribution in [0.4, 0.5) is 0 Å². The molecule has 0 amide bonds. The van der Waals surface area contributed by atoms with Gasteiger partial charge in [0.15, 0.2) is 0 Å². The van der Waals surface area contributed by atoms with E-state index in [1.54, 1.807) is 13.8 Å². The molecule has 0 aliphatic rings. The van der Waals surface area contributed by atoms with Crippen LogP contribution in [0.2, 0.25) is 0 Å². The van der Waals surface area contributed by atoms with Crippen molar-refractivity contribution in [3.05, 3.63) is 105 Å². The zero-order valence-corrected chi connectivity index (χ0v) is 24.2. The second-order valence-corrected chi connectivity index (χ2v) is 6.65. The monoisotopic (exact) mass is 546 g/mol. The maximum Gasteiger partial charge on any atom is 0.332 e. The van der Waals surface area contributed by atoms with Crippen LogP contribution in [0, 0.1) is 0 Å². The average molecular weight is 547 g/mol. The second-order valence-electron chi connectivity index (χ2n) is 6.65. The molecule has 8 heteroatoms. The number of unbranched alkanes of at least 4 members (excludes halogenated alkanes) is 1. The first-order valence-corrected chi connectivity index (χ1v) is 11.8. The van der Waals surface area contributed by atoms with Gasteiger partial charge in [0.1, 0.15) is 0 Å². The molecule has 0 radical (unpaired) electrons. The molecule has 0 fully saturated rings. The van der Waals surface area contributed by atoms with Crippen molar-refractivity contribution in [2.24, 2.45) is 0 Å². The standard InChI is InChI=1S/C8H8.C7H12O2.2C5H8O2.C4H6O2.C2H4/c1-2-8-6-4-3-5-7-8;1-3-5-6-9-7(8)4-2;1-4(2)5(6)7-3;1-3-5(6)7-4-2;1-3(2)4(5)6;1-2/h2-7H,1H2;4H,2-3,5-6H2,1H3;1H2,2-3H3;3H,1,4H2,2H3;1H2,2H3,(H,5,6);1-2H2. The first-order valence-electron chi connectivity index (χ1n) is 11.8. The topological polar surface area (TPSA) is 116 Å². The molecule has 39 heavy (non-hydrogen) atoms. The lowest BCUT2D eigenvalue weighted by atomic mass is 10.2. The summed E-state index contributed by atoms with van der Waals surface area (Å²) < 4.78 is 13.4. The Balaban J connectivity index is -0.000000122. The number of carboxylic acid groups (broad SMARTS) is 1. The van der Waals surface area contributed by atoms with Crippen LogP contribution in [0.15, 0.2) is 99.7 Å². The van der Waals surface area contributed by atoms with Crippen LogP contribution in [0.3, 0.4) is 0 Å². The predicted molar refractivity (Wildman–Crippen MR) is 160 cm³/mol. The third-order valence-electron chi connectivity index (χ3n) is 3.30. The molecule has 0 saturated carbocycles. The number of ether oxygens (including phenoxy) is 3. The summed E-state index contributed by atoms with van der Waals surface area (Å²) in [6.07, 6.45) is 6.13. The average Bonchev–Trinajstić information content (AvgIpc) is 2.95. The van der Waals surface area contributed by atoms with Gasteiger partial charge in [0.25, 0.3) is 0 Å². The second kappa shape index (κ2) is 35.7. The van der Waals surface area contributed by atoms with E-state index in [0.29, 0.717) is 18.8 Å².